The normalized spacial score (nSPS) is 20.8. The second kappa shape index (κ2) is 11.4. The average Bonchev–Trinajstić information content (AvgIpc) is 2.66. The third kappa shape index (κ3) is 7.02. The first-order valence-electron chi connectivity index (χ1n) is 10.4. The van der Waals surface area contributed by atoms with Gasteiger partial charge in [0, 0.05) is 37.3 Å². The van der Waals surface area contributed by atoms with Gasteiger partial charge < -0.3 is 15.8 Å². The molecule has 2 aliphatic rings. The third-order valence-electron chi connectivity index (χ3n) is 6.17. The van der Waals surface area contributed by atoms with Crippen LogP contribution in [-0.4, -0.2) is 48.2 Å². The molecule has 1 saturated heterocycles. The number of nitrogen functional groups attached to an aromatic ring is 1. The van der Waals surface area contributed by atoms with E-state index in [0.29, 0.717) is 12.8 Å². The molecule has 0 spiro atoms. The fourth-order valence-corrected chi connectivity index (χ4v) is 4.60. The molecule has 3 rings (SSSR count). The smallest absolute Gasteiger partial charge is 0.220 e. The van der Waals surface area contributed by atoms with Crippen LogP contribution >= 0.6 is 24.8 Å². The van der Waals surface area contributed by atoms with E-state index in [-0.39, 0.29) is 41.9 Å². The van der Waals surface area contributed by atoms with E-state index in [1.807, 2.05) is 24.3 Å². The van der Waals surface area contributed by atoms with E-state index in [4.69, 9.17) is 10.5 Å². The van der Waals surface area contributed by atoms with E-state index >= 15 is 0 Å². The van der Waals surface area contributed by atoms with Crippen molar-refractivity contribution in [2.45, 2.75) is 69.9 Å². The number of morpholine rings is 1. The second-order valence-corrected chi connectivity index (χ2v) is 8.79. The molecule has 1 aromatic rings. The van der Waals surface area contributed by atoms with Gasteiger partial charge in [0.05, 0.1) is 12.2 Å². The first-order valence-corrected chi connectivity index (χ1v) is 10.4. The number of nitrogens with two attached hydrogens (primary N) is 1. The lowest BCUT2D eigenvalue weighted by atomic mass is 9.79. The molecular weight excluding hydrogens is 409 g/mol. The number of halogens is 2. The monoisotopic (exact) mass is 445 g/mol. The maximum absolute atomic E-state index is 12.5. The predicted molar refractivity (Wildman–Crippen MR) is 124 cm³/mol. The zero-order valence-electron chi connectivity index (χ0n) is 17.7. The number of para-hydroxylation sites is 1. The van der Waals surface area contributed by atoms with Crippen LogP contribution in [0, 0.1) is 0 Å². The lowest BCUT2D eigenvalue weighted by molar-refractivity contribution is -0.129. The molecule has 0 aromatic heterocycles. The number of nitrogens with one attached hydrogen (secondary N) is 1. The van der Waals surface area contributed by atoms with Crippen molar-refractivity contribution in [2.24, 2.45) is 0 Å². The molecule has 0 atom stereocenters. The summed E-state index contributed by atoms with van der Waals surface area (Å²) in [5.41, 5.74) is 7.78. The Morgan fingerprint density at radius 3 is 2.52 bits per heavy atom. The third-order valence-corrected chi connectivity index (χ3v) is 6.17. The van der Waals surface area contributed by atoms with Gasteiger partial charge in [-0.25, -0.2) is 0 Å². The number of ether oxygens (including phenoxy) is 1. The zero-order chi connectivity index (χ0) is 19.3. The van der Waals surface area contributed by atoms with Crippen LogP contribution in [0.2, 0.25) is 0 Å². The van der Waals surface area contributed by atoms with Crippen molar-refractivity contribution in [1.29, 1.82) is 0 Å². The number of rotatable bonds is 6. The Kier molecular flexibility index (Phi) is 10.2. The Morgan fingerprint density at radius 2 is 1.86 bits per heavy atom. The molecular formula is C22H37Cl2N3O2. The molecule has 0 unspecified atom stereocenters. The summed E-state index contributed by atoms with van der Waals surface area (Å²) in [5.74, 6) is 0.121. The van der Waals surface area contributed by atoms with E-state index in [2.05, 4.69) is 24.1 Å². The lowest BCUT2D eigenvalue weighted by Gasteiger charge is -2.51. The fraction of sp³-hybridized carbons (Fsp3) is 0.682. The number of aryl methyl sites for hydroxylation is 1. The van der Waals surface area contributed by atoms with Crippen molar-refractivity contribution in [3.63, 3.8) is 0 Å². The highest BCUT2D eigenvalue weighted by atomic mass is 35.5. The van der Waals surface area contributed by atoms with Gasteiger partial charge in [-0.15, -0.1) is 24.8 Å². The van der Waals surface area contributed by atoms with Crippen molar-refractivity contribution >= 4 is 36.4 Å². The van der Waals surface area contributed by atoms with Gasteiger partial charge in [-0.1, -0.05) is 37.5 Å². The van der Waals surface area contributed by atoms with Crippen LogP contribution in [0.3, 0.4) is 0 Å². The second-order valence-electron chi connectivity index (χ2n) is 8.79. The molecule has 29 heavy (non-hydrogen) atoms. The standard InChI is InChI=1S/C22H35N3O2.2ClH/c1-21(2)17-25(14-15-27-21)22(12-6-3-7-13-22)16-24-20(26)11-10-18-8-4-5-9-19(18)23;;/h4-5,8-9H,3,6-7,10-17,23H2,1-2H3,(H,24,26);2*1H. The molecule has 166 valence electrons. The minimum atomic E-state index is -0.114. The Bertz CT molecular complexity index is 649. The summed E-state index contributed by atoms with van der Waals surface area (Å²) in [6.45, 7) is 7.74. The van der Waals surface area contributed by atoms with E-state index in [0.717, 1.165) is 50.3 Å². The Labute approximate surface area is 187 Å². The molecule has 7 heteroatoms. The predicted octanol–water partition coefficient (Wildman–Crippen LogP) is 3.97. The number of anilines is 1. The van der Waals surface area contributed by atoms with Crippen LogP contribution in [0.4, 0.5) is 5.69 Å². The van der Waals surface area contributed by atoms with E-state index < -0.39 is 0 Å². The first-order chi connectivity index (χ1) is 12.9. The molecule has 1 saturated carbocycles. The van der Waals surface area contributed by atoms with Gasteiger partial charge in [-0.3, -0.25) is 9.69 Å². The van der Waals surface area contributed by atoms with Crippen LogP contribution in [0.25, 0.3) is 0 Å². The van der Waals surface area contributed by atoms with Crippen LogP contribution in [0.15, 0.2) is 24.3 Å². The number of carbonyl (C=O) groups is 1. The van der Waals surface area contributed by atoms with Gasteiger partial charge in [0.1, 0.15) is 0 Å². The van der Waals surface area contributed by atoms with E-state index in [1.54, 1.807) is 0 Å². The Balaban J connectivity index is 0.00000210. The molecule has 0 radical (unpaired) electrons. The summed E-state index contributed by atoms with van der Waals surface area (Å²) in [6.07, 6.45) is 7.29. The Hall–Kier alpha value is -1.01. The van der Waals surface area contributed by atoms with E-state index in [1.165, 1.54) is 19.3 Å². The van der Waals surface area contributed by atoms with Crippen LogP contribution < -0.4 is 11.1 Å². The van der Waals surface area contributed by atoms with Crippen molar-refractivity contribution in [1.82, 2.24) is 10.2 Å². The van der Waals surface area contributed by atoms with Crippen LogP contribution in [0.5, 0.6) is 0 Å². The summed E-state index contributed by atoms with van der Waals surface area (Å²) in [5, 5.41) is 3.25. The SMILES string of the molecule is CC1(C)CN(C2(CNC(=O)CCc3ccccc3N)CCCCC2)CCO1.Cl.Cl. The van der Waals surface area contributed by atoms with Gasteiger partial charge in [-0.2, -0.15) is 0 Å². The van der Waals surface area contributed by atoms with Gasteiger partial charge in [0.15, 0.2) is 0 Å². The van der Waals surface area contributed by atoms with Crippen molar-refractivity contribution in [3.8, 4) is 0 Å². The highest BCUT2D eigenvalue weighted by Gasteiger charge is 2.42. The minimum Gasteiger partial charge on any atom is -0.399 e. The van der Waals surface area contributed by atoms with Crippen LogP contribution in [0.1, 0.15) is 57.9 Å². The molecule has 1 aliphatic heterocycles. The highest BCUT2D eigenvalue weighted by Crippen LogP contribution is 2.36. The maximum Gasteiger partial charge on any atom is 0.220 e. The number of benzene rings is 1. The molecule has 1 aliphatic carbocycles. The van der Waals surface area contributed by atoms with Gasteiger partial charge >= 0.3 is 0 Å². The molecule has 3 N–H and O–H groups in total. The number of amides is 1. The average molecular weight is 446 g/mol. The summed E-state index contributed by atoms with van der Waals surface area (Å²) >= 11 is 0. The molecule has 1 aromatic carbocycles. The quantitative estimate of drug-likeness (QED) is 0.649. The van der Waals surface area contributed by atoms with E-state index in [9.17, 15) is 4.79 Å². The molecule has 1 amide bonds. The number of carbonyl (C=O) groups excluding carboxylic acids is 1. The fourth-order valence-electron chi connectivity index (χ4n) is 4.60. The molecule has 0 bridgehead atoms. The van der Waals surface area contributed by atoms with Crippen molar-refractivity contribution in [3.05, 3.63) is 29.8 Å². The summed E-state index contributed by atoms with van der Waals surface area (Å²) in [6, 6.07) is 7.79. The zero-order valence-corrected chi connectivity index (χ0v) is 19.4. The van der Waals surface area contributed by atoms with Crippen LogP contribution in [-0.2, 0) is 16.0 Å². The number of hydrogen-bond donors (Lipinski definition) is 2. The lowest BCUT2D eigenvalue weighted by Crippen LogP contribution is -2.63. The topological polar surface area (TPSA) is 67.6 Å². The van der Waals surface area contributed by atoms with Crippen molar-refractivity contribution < 1.29 is 9.53 Å². The van der Waals surface area contributed by atoms with Gasteiger partial charge in [0.2, 0.25) is 5.91 Å². The summed E-state index contributed by atoms with van der Waals surface area (Å²) in [7, 11) is 0. The Morgan fingerprint density at radius 1 is 1.17 bits per heavy atom. The molecule has 5 nitrogen and oxygen atoms in total. The number of nitrogens with zero attached hydrogens (tertiary/aromatic N) is 1. The molecule has 2 fully saturated rings. The largest absolute Gasteiger partial charge is 0.399 e. The minimum absolute atomic E-state index is 0. The van der Waals surface area contributed by atoms with Crippen molar-refractivity contribution in [2.75, 3.05) is 32.0 Å². The van der Waals surface area contributed by atoms with Gasteiger partial charge in [-0.05, 0) is 44.7 Å². The summed E-state index contributed by atoms with van der Waals surface area (Å²) in [4.78, 5) is 15.1. The number of hydrogen-bond acceptors (Lipinski definition) is 4. The summed E-state index contributed by atoms with van der Waals surface area (Å²) < 4.78 is 5.91. The molecule has 1 heterocycles. The van der Waals surface area contributed by atoms with Gasteiger partial charge in [0.25, 0.3) is 0 Å². The highest BCUT2D eigenvalue weighted by molar-refractivity contribution is 5.85. The first kappa shape index (κ1) is 26.0. The maximum atomic E-state index is 12.5.